The summed E-state index contributed by atoms with van der Waals surface area (Å²) in [5.74, 6) is 7.03. The van der Waals surface area contributed by atoms with Crippen LogP contribution in [0.4, 0.5) is 0 Å². The van der Waals surface area contributed by atoms with Crippen molar-refractivity contribution in [2.24, 2.45) is 5.84 Å². The van der Waals surface area contributed by atoms with Gasteiger partial charge in [-0.3, -0.25) is 16.2 Å². The lowest BCUT2D eigenvalue weighted by atomic mass is 9.85. The number of hydrazine groups is 1. The van der Waals surface area contributed by atoms with Crippen LogP contribution in [0.1, 0.15) is 53.3 Å². The average molecular weight is 295 g/mol. The van der Waals surface area contributed by atoms with E-state index in [1.165, 1.54) is 0 Å². The summed E-state index contributed by atoms with van der Waals surface area (Å²) in [6.07, 6.45) is 6.97. The molecule has 0 aromatic carbocycles. The van der Waals surface area contributed by atoms with Gasteiger partial charge in [0.1, 0.15) is 5.82 Å². The lowest BCUT2D eigenvalue weighted by molar-refractivity contribution is 0.0690. The van der Waals surface area contributed by atoms with Crippen LogP contribution in [0.3, 0.4) is 0 Å². The largest absolute Gasteiger partial charge is 0.335 e. The highest BCUT2D eigenvalue weighted by atomic mass is 15.3. The van der Waals surface area contributed by atoms with Crippen LogP contribution in [0.2, 0.25) is 0 Å². The average Bonchev–Trinajstić information content (AvgIpc) is 2.93. The van der Waals surface area contributed by atoms with Gasteiger partial charge in [-0.1, -0.05) is 27.7 Å². The molecule has 0 amide bonds. The fraction of sp³-hybridized carbons (Fsp3) is 0.812. The highest BCUT2D eigenvalue weighted by Crippen LogP contribution is 2.25. The number of aromatic nitrogens is 2. The predicted molar refractivity (Wildman–Crippen MR) is 89.0 cm³/mol. The fourth-order valence-corrected chi connectivity index (χ4v) is 3.25. The normalized spacial score (nSPS) is 16.1. The molecule has 1 rings (SSSR count). The number of imidazole rings is 1. The molecule has 0 bridgehead atoms. The van der Waals surface area contributed by atoms with E-state index in [9.17, 15) is 0 Å². The second-order valence-corrected chi connectivity index (χ2v) is 5.84. The topological polar surface area (TPSA) is 59.1 Å². The number of nitrogens with zero attached hydrogens (tertiary/aromatic N) is 3. The summed E-state index contributed by atoms with van der Waals surface area (Å²) < 4.78 is 2.24. The molecular formula is C16H33N5. The highest BCUT2D eigenvalue weighted by Gasteiger charge is 2.37. The summed E-state index contributed by atoms with van der Waals surface area (Å²) in [5, 5.41) is 0. The Morgan fingerprint density at radius 2 is 2.00 bits per heavy atom. The van der Waals surface area contributed by atoms with Crippen molar-refractivity contribution >= 4 is 0 Å². The monoisotopic (exact) mass is 295 g/mol. The van der Waals surface area contributed by atoms with Crippen LogP contribution in [0, 0.1) is 0 Å². The molecule has 2 unspecified atom stereocenters. The van der Waals surface area contributed by atoms with Crippen LogP contribution in [0.25, 0.3) is 0 Å². The van der Waals surface area contributed by atoms with Crippen molar-refractivity contribution in [3.8, 4) is 0 Å². The molecule has 21 heavy (non-hydrogen) atoms. The van der Waals surface area contributed by atoms with Crippen molar-refractivity contribution in [1.29, 1.82) is 0 Å². The van der Waals surface area contributed by atoms with Crippen LogP contribution in [0.15, 0.2) is 12.4 Å². The zero-order valence-corrected chi connectivity index (χ0v) is 14.4. The molecule has 0 spiro atoms. The zero-order chi connectivity index (χ0) is 15.9. The van der Waals surface area contributed by atoms with Gasteiger partial charge in [-0.25, -0.2) is 4.98 Å². The van der Waals surface area contributed by atoms with E-state index in [1.54, 1.807) is 0 Å². The molecular weight excluding hydrogens is 262 g/mol. The maximum absolute atomic E-state index is 5.91. The highest BCUT2D eigenvalue weighted by molar-refractivity contribution is 5.03. The number of nitrogens with two attached hydrogens (primary N) is 1. The van der Waals surface area contributed by atoms with E-state index < -0.39 is 0 Å². The molecule has 122 valence electrons. The Balaban J connectivity index is 2.96. The minimum atomic E-state index is 0.0290. The van der Waals surface area contributed by atoms with Gasteiger partial charge in [-0.2, -0.15) is 0 Å². The third kappa shape index (κ3) is 4.05. The van der Waals surface area contributed by atoms with E-state index in [2.05, 4.69) is 60.7 Å². The van der Waals surface area contributed by atoms with Gasteiger partial charge in [-0.15, -0.1) is 0 Å². The molecule has 0 saturated carbocycles. The SMILES string of the molecule is CCCn1ccnc1CC(NN)C(C)(CC)N(CC)CC. The summed E-state index contributed by atoms with van der Waals surface area (Å²) in [5.41, 5.74) is 3.08. The fourth-order valence-electron chi connectivity index (χ4n) is 3.25. The molecule has 0 radical (unpaired) electrons. The third-order valence-electron chi connectivity index (χ3n) is 4.81. The third-order valence-corrected chi connectivity index (χ3v) is 4.81. The molecule has 0 aliphatic carbocycles. The Morgan fingerprint density at radius 1 is 1.33 bits per heavy atom. The minimum absolute atomic E-state index is 0.0290. The Morgan fingerprint density at radius 3 is 2.48 bits per heavy atom. The van der Waals surface area contributed by atoms with Crippen LogP contribution in [-0.2, 0) is 13.0 Å². The van der Waals surface area contributed by atoms with Gasteiger partial charge in [-0.05, 0) is 32.9 Å². The quantitative estimate of drug-likeness (QED) is 0.513. The minimum Gasteiger partial charge on any atom is -0.335 e. The van der Waals surface area contributed by atoms with Crippen molar-refractivity contribution in [3.63, 3.8) is 0 Å². The maximum Gasteiger partial charge on any atom is 0.110 e. The van der Waals surface area contributed by atoms with E-state index in [4.69, 9.17) is 5.84 Å². The summed E-state index contributed by atoms with van der Waals surface area (Å²) in [7, 11) is 0. The van der Waals surface area contributed by atoms with E-state index in [0.717, 1.165) is 44.7 Å². The van der Waals surface area contributed by atoms with Gasteiger partial charge < -0.3 is 4.57 Å². The van der Waals surface area contributed by atoms with Gasteiger partial charge in [0.25, 0.3) is 0 Å². The summed E-state index contributed by atoms with van der Waals surface area (Å²) in [6.45, 7) is 14.2. The van der Waals surface area contributed by atoms with Crippen LogP contribution in [-0.4, -0.2) is 39.1 Å². The van der Waals surface area contributed by atoms with Crippen molar-refractivity contribution < 1.29 is 0 Å². The Kier molecular flexibility index (Phi) is 7.35. The lowest BCUT2D eigenvalue weighted by Gasteiger charge is -2.45. The van der Waals surface area contributed by atoms with E-state index >= 15 is 0 Å². The molecule has 3 N–H and O–H groups in total. The van der Waals surface area contributed by atoms with Crippen molar-refractivity contribution in [3.05, 3.63) is 18.2 Å². The van der Waals surface area contributed by atoms with Crippen LogP contribution >= 0.6 is 0 Å². The van der Waals surface area contributed by atoms with E-state index in [1.807, 2.05) is 6.20 Å². The molecule has 0 aliphatic rings. The summed E-state index contributed by atoms with van der Waals surface area (Å²) in [6, 6.07) is 0.181. The molecule has 0 saturated heterocycles. The second kappa shape index (κ2) is 8.51. The van der Waals surface area contributed by atoms with Crippen molar-refractivity contribution in [2.45, 2.75) is 72.0 Å². The number of likely N-dealkylation sites (N-methyl/N-ethyl adjacent to an activating group) is 1. The van der Waals surface area contributed by atoms with Crippen LogP contribution < -0.4 is 11.3 Å². The Hall–Kier alpha value is -0.910. The first-order chi connectivity index (χ1) is 10.1. The molecule has 1 aromatic heterocycles. The Bertz CT molecular complexity index is 399. The molecule has 5 heteroatoms. The first-order valence-electron chi connectivity index (χ1n) is 8.28. The van der Waals surface area contributed by atoms with Crippen molar-refractivity contribution in [1.82, 2.24) is 19.9 Å². The second-order valence-electron chi connectivity index (χ2n) is 5.84. The summed E-state index contributed by atoms with van der Waals surface area (Å²) in [4.78, 5) is 7.02. The number of aryl methyl sites for hydroxylation is 1. The molecule has 0 fully saturated rings. The van der Waals surface area contributed by atoms with Crippen molar-refractivity contribution in [2.75, 3.05) is 13.1 Å². The molecule has 0 aliphatic heterocycles. The van der Waals surface area contributed by atoms with Gasteiger partial charge in [0.05, 0.1) is 0 Å². The maximum atomic E-state index is 5.91. The van der Waals surface area contributed by atoms with Crippen LogP contribution in [0.5, 0.6) is 0 Å². The first-order valence-corrected chi connectivity index (χ1v) is 8.28. The molecule has 5 nitrogen and oxygen atoms in total. The van der Waals surface area contributed by atoms with Gasteiger partial charge in [0.15, 0.2) is 0 Å². The zero-order valence-electron chi connectivity index (χ0n) is 14.4. The molecule has 2 atom stereocenters. The smallest absolute Gasteiger partial charge is 0.110 e. The Labute approximate surface area is 129 Å². The predicted octanol–water partition coefficient (Wildman–Crippen LogP) is 2.18. The number of hydrogen-bond acceptors (Lipinski definition) is 4. The number of nitrogens with one attached hydrogen (secondary N) is 1. The summed E-state index contributed by atoms with van der Waals surface area (Å²) >= 11 is 0. The van der Waals surface area contributed by atoms with Gasteiger partial charge in [0, 0.05) is 36.9 Å². The standard InChI is InChI=1S/C16H33N5/c1-6-11-20-12-10-18-15(20)13-14(19-17)16(5,7-2)21(8-3)9-4/h10,12,14,19H,6-9,11,13,17H2,1-5H3. The van der Waals surface area contributed by atoms with Gasteiger partial charge >= 0.3 is 0 Å². The number of hydrogen-bond donors (Lipinski definition) is 2. The first kappa shape index (κ1) is 18.1. The lowest BCUT2D eigenvalue weighted by Crippen LogP contribution is -2.61. The number of rotatable bonds is 10. The molecule has 1 aromatic rings. The van der Waals surface area contributed by atoms with E-state index in [-0.39, 0.29) is 11.6 Å². The molecule has 1 heterocycles. The van der Waals surface area contributed by atoms with E-state index in [0.29, 0.717) is 0 Å². The van der Waals surface area contributed by atoms with Gasteiger partial charge in [0.2, 0.25) is 0 Å².